The summed E-state index contributed by atoms with van der Waals surface area (Å²) in [5.41, 5.74) is 7.45. The number of nitrogens with two attached hydrogens (primary N) is 1. The normalized spacial score (nSPS) is 16.5. The second-order valence-electron chi connectivity index (χ2n) is 5.54. The van der Waals surface area contributed by atoms with Crippen LogP contribution in [0.2, 0.25) is 0 Å². The zero-order valence-electron chi connectivity index (χ0n) is 12.6. The molecule has 116 valence electrons. The fourth-order valence-corrected chi connectivity index (χ4v) is 2.75. The van der Waals surface area contributed by atoms with E-state index in [0.717, 1.165) is 44.0 Å². The lowest BCUT2D eigenvalue weighted by Gasteiger charge is -2.19. The molecular formula is C16H21N5O. The Morgan fingerprint density at radius 1 is 1.09 bits per heavy atom. The molecular weight excluding hydrogens is 278 g/mol. The molecule has 1 aromatic heterocycles. The van der Waals surface area contributed by atoms with Crippen LogP contribution in [0.4, 0.5) is 4.79 Å². The van der Waals surface area contributed by atoms with Crippen LogP contribution in [-0.4, -0.2) is 51.8 Å². The van der Waals surface area contributed by atoms with Gasteiger partial charge in [-0.25, -0.2) is 9.48 Å². The number of rotatable bonds is 3. The largest absolute Gasteiger partial charge is 0.351 e. The van der Waals surface area contributed by atoms with Crippen molar-refractivity contribution < 1.29 is 4.79 Å². The predicted molar refractivity (Wildman–Crippen MR) is 84.6 cm³/mol. The fourth-order valence-electron chi connectivity index (χ4n) is 2.75. The molecule has 1 fully saturated rings. The number of urea groups is 1. The summed E-state index contributed by atoms with van der Waals surface area (Å²) >= 11 is 0. The molecule has 2 aromatic rings. The van der Waals surface area contributed by atoms with Gasteiger partial charge in [-0.05, 0) is 24.6 Å². The topological polar surface area (TPSA) is 67.4 Å². The van der Waals surface area contributed by atoms with Crippen molar-refractivity contribution in [1.29, 1.82) is 0 Å². The van der Waals surface area contributed by atoms with Gasteiger partial charge in [-0.1, -0.05) is 18.2 Å². The first kappa shape index (κ1) is 14.6. The van der Waals surface area contributed by atoms with E-state index in [1.54, 1.807) is 4.90 Å². The molecule has 6 nitrogen and oxygen atoms in total. The smallest absolute Gasteiger partial charge is 0.314 e. The highest BCUT2D eigenvalue weighted by atomic mass is 16.2. The highest BCUT2D eigenvalue weighted by Crippen LogP contribution is 2.10. The number of hydrogen-bond donors (Lipinski definition) is 1. The lowest BCUT2D eigenvalue weighted by atomic mass is 10.3. The van der Waals surface area contributed by atoms with Gasteiger partial charge in [0.1, 0.15) is 0 Å². The molecule has 1 aliphatic rings. The number of amides is 2. The van der Waals surface area contributed by atoms with Crippen molar-refractivity contribution in [3.05, 3.63) is 48.3 Å². The standard InChI is InChI=1S/C16H21N5O/c17-16(22)20-9-4-8-19(11-12-20)13-14-7-10-21(18-14)15-5-2-1-3-6-15/h1-3,5-7,10H,4,8-9,11-13H2,(H2,17,22). The number of hydrogen-bond acceptors (Lipinski definition) is 3. The molecule has 3 rings (SSSR count). The Morgan fingerprint density at radius 2 is 1.91 bits per heavy atom. The highest BCUT2D eigenvalue weighted by molar-refractivity contribution is 5.71. The van der Waals surface area contributed by atoms with E-state index in [0.29, 0.717) is 6.54 Å². The molecule has 2 N–H and O–H groups in total. The maximum absolute atomic E-state index is 11.2. The maximum Gasteiger partial charge on any atom is 0.314 e. The van der Waals surface area contributed by atoms with Crippen LogP contribution < -0.4 is 5.73 Å². The molecule has 0 aliphatic carbocycles. The average molecular weight is 299 g/mol. The predicted octanol–water partition coefficient (Wildman–Crippen LogP) is 1.46. The number of carbonyl (C=O) groups is 1. The average Bonchev–Trinajstić information content (AvgIpc) is 2.86. The summed E-state index contributed by atoms with van der Waals surface area (Å²) in [7, 11) is 0. The van der Waals surface area contributed by atoms with Crippen molar-refractivity contribution >= 4 is 6.03 Å². The second-order valence-corrected chi connectivity index (χ2v) is 5.54. The van der Waals surface area contributed by atoms with E-state index < -0.39 is 0 Å². The van der Waals surface area contributed by atoms with Gasteiger partial charge in [-0.15, -0.1) is 0 Å². The number of para-hydroxylation sites is 1. The Kier molecular flexibility index (Phi) is 4.39. The van der Waals surface area contributed by atoms with Gasteiger partial charge in [-0.2, -0.15) is 5.10 Å². The van der Waals surface area contributed by atoms with Crippen molar-refractivity contribution in [2.45, 2.75) is 13.0 Å². The SMILES string of the molecule is NC(=O)N1CCCN(Cc2ccn(-c3ccccc3)n2)CC1. The monoisotopic (exact) mass is 299 g/mol. The van der Waals surface area contributed by atoms with Crippen LogP contribution in [0.15, 0.2) is 42.6 Å². The van der Waals surface area contributed by atoms with Gasteiger partial charge in [-0.3, -0.25) is 4.90 Å². The molecule has 0 radical (unpaired) electrons. The summed E-state index contributed by atoms with van der Waals surface area (Å²) in [6, 6.07) is 11.8. The summed E-state index contributed by atoms with van der Waals surface area (Å²) in [5.74, 6) is 0. The second kappa shape index (κ2) is 6.62. The lowest BCUT2D eigenvalue weighted by Crippen LogP contribution is -2.38. The van der Waals surface area contributed by atoms with E-state index in [1.807, 2.05) is 47.3 Å². The van der Waals surface area contributed by atoms with E-state index in [1.165, 1.54) is 0 Å². The first-order chi connectivity index (χ1) is 10.7. The van der Waals surface area contributed by atoms with Gasteiger partial charge in [0.15, 0.2) is 0 Å². The van der Waals surface area contributed by atoms with Crippen molar-refractivity contribution in [2.24, 2.45) is 5.73 Å². The highest BCUT2D eigenvalue weighted by Gasteiger charge is 2.17. The Hall–Kier alpha value is -2.34. The van der Waals surface area contributed by atoms with E-state index >= 15 is 0 Å². The molecule has 0 unspecified atom stereocenters. The third kappa shape index (κ3) is 3.46. The van der Waals surface area contributed by atoms with Crippen molar-refractivity contribution in [2.75, 3.05) is 26.2 Å². The van der Waals surface area contributed by atoms with Crippen LogP contribution in [0.25, 0.3) is 5.69 Å². The summed E-state index contributed by atoms with van der Waals surface area (Å²) < 4.78 is 1.89. The van der Waals surface area contributed by atoms with Gasteiger partial charge < -0.3 is 10.6 Å². The van der Waals surface area contributed by atoms with Crippen molar-refractivity contribution in [1.82, 2.24) is 19.6 Å². The Balaban J connectivity index is 1.62. The number of primary amides is 1. The molecule has 2 heterocycles. The number of carbonyl (C=O) groups excluding carboxylic acids is 1. The zero-order valence-corrected chi connectivity index (χ0v) is 12.6. The lowest BCUT2D eigenvalue weighted by molar-refractivity contribution is 0.207. The third-order valence-electron chi connectivity index (χ3n) is 3.95. The van der Waals surface area contributed by atoms with E-state index in [9.17, 15) is 4.79 Å². The van der Waals surface area contributed by atoms with E-state index in [4.69, 9.17) is 5.73 Å². The molecule has 22 heavy (non-hydrogen) atoms. The first-order valence-corrected chi connectivity index (χ1v) is 7.59. The molecule has 1 aliphatic heterocycles. The fraction of sp³-hybridized carbons (Fsp3) is 0.375. The molecule has 0 bridgehead atoms. The molecule has 2 amide bonds. The minimum absolute atomic E-state index is 0.324. The summed E-state index contributed by atoms with van der Waals surface area (Å²) in [6.45, 7) is 4.02. The molecule has 1 saturated heterocycles. The van der Waals surface area contributed by atoms with Crippen molar-refractivity contribution in [3.63, 3.8) is 0 Å². The molecule has 1 aromatic carbocycles. The summed E-state index contributed by atoms with van der Waals surface area (Å²) in [4.78, 5) is 15.3. The van der Waals surface area contributed by atoms with Crippen LogP contribution in [-0.2, 0) is 6.54 Å². The van der Waals surface area contributed by atoms with Crippen LogP contribution in [0.5, 0.6) is 0 Å². The minimum atomic E-state index is -0.324. The number of nitrogens with zero attached hydrogens (tertiary/aromatic N) is 4. The Bertz CT molecular complexity index is 624. The molecule has 0 saturated carbocycles. The van der Waals surface area contributed by atoms with Gasteiger partial charge in [0.25, 0.3) is 0 Å². The zero-order chi connectivity index (χ0) is 15.4. The summed E-state index contributed by atoms with van der Waals surface area (Å²) in [5, 5.41) is 4.63. The molecule has 0 atom stereocenters. The molecule has 0 spiro atoms. The van der Waals surface area contributed by atoms with E-state index in [-0.39, 0.29) is 6.03 Å². The van der Waals surface area contributed by atoms with Crippen molar-refractivity contribution in [3.8, 4) is 5.69 Å². The van der Waals surface area contributed by atoms with Gasteiger partial charge >= 0.3 is 6.03 Å². The van der Waals surface area contributed by atoms with E-state index in [2.05, 4.69) is 10.00 Å². The number of benzene rings is 1. The molecule has 6 heteroatoms. The Morgan fingerprint density at radius 3 is 2.68 bits per heavy atom. The van der Waals surface area contributed by atoms with Crippen LogP contribution in [0, 0.1) is 0 Å². The van der Waals surface area contributed by atoms with Crippen LogP contribution in [0.3, 0.4) is 0 Å². The number of aromatic nitrogens is 2. The van der Waals surface area contributed by atoms with Crippen LogP contribution >= 0.6 is 0 Å². The summed E-state index contributed by atoms with van der Waals surface area (Å²) in [6.07, 6.45) is 2.93. The third-order valence-corrected chi connectivity index (χ3v) is 3.95. The van der Waals surface area contributed by atoms with Gasteiger partial charge in [0, 0.05) is 38.9 Å². The maximum atomic E-state index is 11.2. The first-order valence-electron chi connectivity index (χ1n) is 7.59. The van der Waals surface area contributed by atoms with Gasteiger partial charge in [0.05, 0.1) is 11.4 Å². The minimum Gasteiger partial charge on any atom is -0.351 e. The Labute approximate surface area is 130 Å². The quantitative estimate of drug-likeness (QED) is 0.933. The van der Waals surface area contributed by atoms with Crippen LogP contribution in [0.1, 0.15) is 12.1 Å². The van der Waals surface area contributed by atoms with Gasteiger partial charge in [0.2, 0.25) is 0 Å².